The fourth-order valence-corrected chi connectivity index (χ4v) is 5.08. The lowest BCUT2D eigenvalue weighted by atomic mass is 10.0. The number of aromatic nitrogens is 6. The van der Waals surface area contributed by atoms with Crippen LogP contribution in [0.3, 0.4) is 0 Å². The standard InChI is InChI=1S/C28H18N6/c1-3-20-13-18-5-9-33-11-7-29-24(33)15-22(18)31-27(20)26-17(1)2-4-21-14-19-6-10-34-12-8-30-25(34)16-23(19)32-28(21)26/h1-16,31-32H. The highest BCUT2D eigenvalue weighted by molar-refractivity contribution is 6.19. The van der Waals surface area contributed by atoms with Crippen LogP contribution in [0.4, 0.5) is 0 Å². The number of nitrogens with zero attached hydrogens (tertiary/aromatic N) is 4. The van der Waals surface area contributed by atoms with Crippen LogP contribution in [-0.4, -0.2) is 28.7 Å². The molecule has 0 fully saturated rings. The number of benzene rings is 2. The van der Waals surface area contributed by atoms with Crippen molar-refractivity contribution in [2.24, 2.45) is 0 Å². The number of H-pyrrole nitrogens is 2. The lowest BCUT2D eigenvalue weighted by Crippen LogP contribution is -1.88. The average Bonchev–Trinajstić information content (AvgIpc) is 3.42. The van der Waals surface area contributed by atoms with Gasteiger partial charge >= 0.3 is 0 Å². The van der Waals surface area contributed by atoms with Gasteiger partial charge in [-0.1, -0.05) is 24.3 Å². The molecule has 0 aliphatic rings. The molecule has 34 heavy (non-hydrogen) atoms. The highest BCUT2D eigenvalue weighted by Crippen LogP contribution is 2.33. The smallest absolute Gasteiger partial charge is 0.138 e. The Morgan fingerprint density at radius 3 is 1.53 bits per heavy atom. The lowest BCUT2D eigenvalue weighted by Gasteiger charge is -2.10. The van der Waals surface area contributed by atoms with Gasteiger partial charge in [0.1, 0.15) is 11.3 Å². The van der Waals surface area contributed by atoms with E-state index in [1.807, 2.05) is 33.6 Å². The number of hydrogen-bond donors (Lipinski definition) is 2. The maximum absolute atomic E-state index is 4.49. The van der Waals surface area contributed by atoms with E-state index in [0.717, 1.165) is 44.1 Å². The summed E-state index contributed by atoms with van der Waals surface area (Å²) in [4.78, 5) is 16.5. The molecule has 0 amide bonds. The average molecular weight is 438 g/mol. The molecule has 8 aromatic rings. The summed E-state index contributed by atoms with van der Waals surface area (Å²) in [6.45, 7) is 0. The SMILES string of the molecule is c1cn2ccc3cc4ccc5ccc6cc7ccn8ccnc8cc7[nH]c6c5c4[nH]c3cc2n1. The van der Waals surface area contributed by atoms with E-state index in [2.05, 4.69) is 93.0 Å². The summed E-state index contributed by atoms with van der Waals surface area (Å²) < 4.78 is 4.06. The maximum Gasteiger partial charge on any atom is 0.138 e. The van der Waals surface area contributed by atoms with Gasteiger partial charge in [0.05, 0.1) is 11.0 Å². The predicted molar refractivity (Wildman–Crippen MR) is 138 cm³/mol. The maximum atomic E-state index is 4.49. The second kappa shape index (κ2) is 6.36. The van der Waals surface area contributed by atoms with Gasteiger partial charge < -0.3 is 18.8 Å². The van der Waals surface area contributed by atoms with Crippen LogP contribution in [0.1, 0.15) is 0 Å². The number of imidazole rings is 2. The van der Waals surface area contributed by atoms with Crippen molar-refractivity contribution in [1.82, 2.24) is 28.7 Å². The summed E-state index contributed by atoms with van der Waals surface area (Å²) in [5.41, 5.74) is 6.12. The number of nitrogens with one attached hydrogen (secondary N) is 2. The van der Waals surface area contributed by atoms with Crippen LogP contribution >= 0.6 is 0 Å². The monoisotopic (exact) mass is 438 g/mol. The third-order valence-electron chi connectivity index (χ3n) is 6.79. The van der Waals surface area contributed by atoms with Crippen molar-refractivity contribution in [3.63, 3.8) is 0 Å². The van der Waals surface area contributed by atoms with Crippen LogP contribution in [0.15, 0.2) is 97.8 Å². The molecular weight excluding hydrogens is 420 g/mol. The molecule has 0 aliphatic heterocycles. The molecule has 8 rings (SSSR count). The van der Waals surface area contributed by atoms with Gasteiger partial charge in [0, 0.05) is 76.5 Å². The molecule has 6 nitrogen and oxygen atoms in total. The minimum Gasteiger partial charge on any atom is -0.354 e. The first kappa shape index (κ1) is 17.7. The van der Waals surface area contributed by atoms with E-state index >= 15 is 0 Å². The first-order valence-corrected chi connectivity index (χ1v) is 11.2. The third-order valence-corrected chi connectivity index (χ3v) is 6.79. The van der Waals surface area contributed by atoms with Crippen LogP contribution in [0, 0.1) is 0 Å². The van der Waals surface area contributed by atoms with Crippen molar-refractivity contribution in [3.8, 4) is 0 Å². The second-order valence-electron chi connectivity index (χ2n) is 8.74. The van der Waals surface area contributed by atoms with Gasteiger partial charge in [0.15, 0.2) is 0 Å². The van der Waals surface area contributed by atoms with Gasteiger partial charge in [-0.2, -0.15) is 0 Å². The Kier molecular flexibility index (Phi) is 3.31. The Labute approximate surface area is 192 Å². The summed E-state index contributed by atoms with van der Waals surface area (Å²) >= 11 is 0. The van der Waals surface area contributed by atoms with Crippen LogP contribution in [0.25, 0.3) is 65.7 Å². The Bertz CT molecular complexity index is 1980. The molecule has 0 saturated carbocycles. The summed E-state index contributed by atoms with van der Waals surface area (Å²) in [7, 11) is 0. The van der Waals surface area contributed by atoms with Crippen LogP contribution in [-0.2, 0) is 0 Å². The molecule has 0 bridgehead atoms. The van der Waals surface area contributed by atoms with Crippen molar-refractivity contribution in [2.75, 3.05) is 0 Å². The first-order valence-electron chi connectivity index (χ1n) is 11.2. The summed E-state index contributed by atoms with van der Waals surface area (Å²) in [5.74, 6) is 0. The quantitative estimate of drug-likeness (QED) is 0.264. The molecule has 0 aliphatic carbocycles. The van der Waals surface area contributed by atoms with Gasteiger partial charge in [0.25, 0.3) is 0 Å². The van der Waals surface area contributed by atoms with Crippen molar-refractivity contribution in [3.05, 3.63) is 97.8 Å². The van der Waals surface area contributed by atoms with E-state index in [0.29, 0.717) is 0 Å². The zero-order chi connectivity index (χ0) is 22.2. The van der Waals surface area contributed by atoms with Crippen molar-refractivity contribution in [2.45, 2.75) is 0 Å². The van der Waals surface area contributed by atoms with E-state index in [-0.39, 0.29) is 0 Å². The second-order valence-corrected chi connectivity index (χ2v) is 8.74. The van der Waals surface area contributed by atoms with Crippen LogP contribution < -0.4 is 0 Å². The Hall–Kier alpha value is -4.84. The molecule has 0 unspecified atom stereocenters. The lowest BCUT2D eigenvalue weighted by molar-refractivity contribution is 1.21. The Balaban J connectivity index is 1.56. The zero-order valence-electron chi connectivity index (χ0n) is 18.0. The Morgan fingerprint density at radius 1 is 0.500 bits per heavy atom. The minimum atomic E-state index is 0.907. The van der Waals surface area contributed by atoms with Gasteiger partial charge in [-0.15, -0.1) is 0 Å². The Morgan fingerprint density at radius 2 is 1.00 bits per heavy atom. The molecule has 0 spiro atoms. The highest BCUT2D eigenvalue weighted by atomic mass is 15.0. The molecular formula is C28H18N6. The molecule has 0 radical (unpaired) electrons. The largest absolute Gasteiger partial charge is 0.354 e. The first-order chi connectivity index (χ1) is 16.8. The number of aromatic amines is 2. The van der Waals surface area contributed by atoms with E-state index in [9.17, 15) is 0 Å². The van der Waals surface area contributed by atoms with Gasteiger partial charge in [0.2, 0.25) is 0 Å². The van der Waals surface area contributed by atoms with E-state index in [1.54, 1.807) is 0 Å². The zero-order valence-corrected chi connectivity index (χ0v) is 18.0. The summed E-state index contributed by atoms with van der Waals surface area (Å²) in [6, 6.07) is 21.7. The van der Waals surface area contributed by atoms with Gasteiger partial charge in [-0.3, -0.25) is 0 Å². The van der Waals surface area contributed by atoms with Crippen molar-refractivity contribution in [1.29, 1.82) is 0 Å². The van der Waals surface area contributed by atoms with Crippen LogP contribution in [0.2, 0.25) is 0 Å². The van der Waals surface area contributed by atoms with Gasteiger partial charge in [-0.05, 0) is 40.4 Å². The van der Waals surface area contributed by atoms with Gasteiger partial charge in [-0.25, -0.2) is 9.97 Å². The molecule has 6 heterocycles. The molecule has 6 heteroatoms. The number of rotatable bonds is 0. The topological polar surface area (TPSA) is 66.2 Å². The molecule has 0 atom stereocenters. The molecule has 2 aromatic carbocycles. The van der Waals surface area contributed by atoms with E-state index < -0.39 is 0 Å². The van der Waals surface area contributed by atoms with E-state index in [4.69, 9.17) is 0 Å². The fourth-order valence-electron chi connectivity index (χ4n) is 5.08. The summed E-state index contributed by atoms with van der Waals surface area (Å²) in [5, 5.41) is 6.97. The number of hydrogen-bond acceptors (Lipinski definition) is 2. The van der Waals surface area contributed by atoms with Crippen molar-refractivity contribution >= 4 is 65.7 Å². The minimum absolute atomic E-state index is 0.907. The molecule has 2 N–H and O–H groups in total. The number of fused-ring (bicyclic) bond motifs is 9. The van der Waals surface area contributed by atoms with Crippen LogP contribution in [0.5, 0.6) is 0 Å². The summed E-state index contributed by atoms with van der Waals surface area (Å²) in [6.07, 6.45) is 11.7. The third kappa shape index (κ3) is 2.45. The molecule has 6 aromatic heterocycles. The fraction of sp³-hybridized carbons (Fsp3) is 0. The normalized spacial score (nSPS) is 12.1. The van der Waals surface area contributed by atoms with E-state index in [1.165, 1.54) is 21.5 Å². The molecule has 0 saturated heterocycles. The predicted octanol–water partition coefficient (Wildman–Crippen LogP) is 6.53. The highest BCUT2D eigenvalue weighted by Gasteiger charge is 2.09. The molecule has 160 valence electrons. The van der Waals surface area contributed by atoms with Crippen molar-refractivity contribution < 1.29 is 0 Å². The number of pyridine rings is 2.